The average Bonchev–Trinajstić information content (AvgIpc) is 2.87. The Bertz CT molecular complexity index is 1120. The Hall–Kier alpha value is -3.78. The summed E-state index contributed by atoms with van der Waals surface area (Å²) in [5, 5.41) is 14.3. The third kappa shape index (κ3) is 5.77. The van der Waals surface area contributed by atoms with Crippen LogP contribution in [0.5, 0.6) is 0 Å². The fraction of sp³-hybridized carbons (Fsp3) is 0.269. The van der Waals surface area contributed by atoms with Gasteiger partial charge < -0.3 is 24.9 Å². The summed E-state index contributed by atoms with van der Waals surface area (Å²) in [7, 11) is 0. The summed E-state index contributed by atoms with van der Waals surface area (Å²) in [5.41, 5.74) is 3.01. The number of rotatable bonds is 7. The highest BCUT2D eigenvalue weighted by Gasteiger charge is 2.31. The molecule has 1 aromatic heterocycles. The summed E-state index contributed by atoms with van der Waals surface area (Å²) >= 11 is 0. The number of nitrogens with one attached hydrogen (secondary N) is 1. The van der Waals surface area contributed by atoms with E-state index in [0.717, 1.165) is 16.7 Å². The predicted molar refractivity (Wildman–Crippen MR) is 121 cm³/mol. The number of hydrogen-bond donors (Lipinski definition) is 1. The van der Waals surface area contributed by atoms with Gasteiger partial charge in [0.15, 0.2) is 0 Å². The molecule has 0 saturated carbocycles. The van der Waals surface area contributed by atoms with E-state index < -0.39 is 12.2 Å². The van der Waals surface area contributed by atoms with E-state index in [1.807, 2.05) is 24.3 Å². The second kappa shape index (κ2) is 10.9. The molecule has 2 amide bonds. The third-order valence-electron chi connectivity index (χ3n) is 6.02. The van der Waals surface area contributed by atoms with Crippen LogP contribution in [-0.2, 0) is 17.9 Å². The van der Waals surface area contributed by atoms with Crippen molar-refractivity contribution < 1.29 is 23.8 Å². The van der Waals surface area contributed by atoms with Gasteiger partial charge in [-0.15, -0.1) is 0 Å². The molecule has 1 saturated heterocycles. The maximum absolute atomic E-state index is 13.4. The minimum Gasteiger partial charge on any atom is -0.530 e. The molecule has 2 atom stereocenters. The van der Waals surface area contributed by atoms with E-state index in [2.05, 4.69) is 10.3 Å². The molecule has 7 nitrogen and oxygen atoms in total. The van der Waals surface area contributed by atoms with Crippen LogP contribution >= 0.6 is 0 Å². The summed E-state index contributed by atoms with van der Waals surface area (Å²) in [6.07, 6.45) is 0.456. The van der Waals surface area contributed by atoms with E-state index in [-0.39, 0.29) is 30.8 Å². The fourth-order valence-electron chi connectivity index (χ4n) is 4.17. The monoisotopic (exact) mass is 462 g/mol. The smallest absolute Gasteiger partial charge is 0.270 e. The molecule has 1 aliphatic rings. The van der Waals surface area contributed by atoms with Crippen LogP contribution in [0, 0.1) is 5.82 Å². The molecule has 2 unspecified atom stereocenters. The Morgan fingerprint density at radius 3 is 2.50 bits per heavy atom. The lowest BCUT2D eigenvalue weighted by Gasteiger charge is -2.40. The van der Waals surface area contributed by atoms with Crippen LogP contribution in [-0.4, -0.2) is 41.1 Å². The Kier molecular flexibility index (Phi) is 7.49. The Morgan fingerprint density at radius 1 is 1.06 bits per heavy atom. The van der Waals surface area contributed by atoms with Gasteiger partial charge in [0, 0.05) is 31.7 Å². The fourth-order valence-corrected chi connectivity index (χ4v) is 4.17. The van der Waals surface area contributed by atoms with Crippen molar-refractivity contribution in [3.05, 3.63) is 101 Å². The minimum absolute atomic E-state index is 0.0766. The lowest BCUT2D eigenvalue weighted by Crippen LogP contribution is -2.51. The van der Waals surface area contributed by atoms with Gasteiger partial charge in [0.1, 0.15) is 17.6 Å². The maximum Gasteiger partial charge on any atom is 0.270 e. The van der Waals surface area contributed by atoms with Crippen molar-refractivity contribution in [1.29, 1.82) is 0 Å². The topological polar surface area (TPSA) is 94.6 Å². The second-order valence-electron chi connectivity index (χ2n) is 8.17. The van der Waals surface area contributed by atoms with E-state index in [0.29, 0.717) is 25.2 Å². The van der Waals surface area contributed by atoms with Crippen LogP contribution in [0.4, 0.5) is 9.18 Å². The molecule has 0 radical (unpaired) electrons. The number of benzene rings is 2. The molecule has 1 aliphatic heterocycles. The number of carbonyl (C=O) groups is 2. The van der Waals surface area contributed by atoms with Gasteiger partial charge in [0.05, 0.1) is 12.7 Å². The van der Waals surface area contributed by atoms with E-state index in [9.17, 15) is 19.1 Å². The minimum atomic E-state index is -1.23. The second-order valence-corrected chi connectivity index (χ2v) is 8.17. The lowest BCUT2D eigenvalue weighted by molar-refractivity contribution is -0.268. The maximum atomic E-state index is 13.4. The number of carboxylic acid groups (broad SMARTS) is 1. The number of hydrogen-bond acceptors (Lipinski definition) is 5. The van der Waals surface area contributed by atoms with Gasteiger partial charge in [-0.05, 0) is 47.4 Å². The number of amides is 2. The van der Waals surface area contributed by atoms with Crippen LogP contribution in [0.25, 0.3) is 0 Å². The van der Waals surface area contributed by atoms with Crippen LogP contribution in [0.3, 0.4) is 0 Å². The molecule has 3 aromatic rings. The van der Waals surface area contributed by atoms with Gasteiger partial charge in [-0.25, -0.2) is 4.39 Å². The molecule has 2 heterocycles. The van der Waals surface area contributed by atoms with Crippen LogP contribution in [0.1, 0.15) is 39.5 Å². The predicted octanol–water partition coefficient (Wildman–Crippen LogP) is 2.87. The SMILES string of the molecule is O=C(NCc1ccccc1COC1CN(C(=O)[O-])CCC1c1ccc(F)cc1)c1ccccn1. The third-order valence-corrected chi connectivity index (χ3v) is 6.02. The molecule has 0 aliphatic carbocycles. The van der Waals surface area contributed by atoms with Gasteiger partial charge in [-0.2, -0.15) is 0 Å². The Morgan fingerprint density at radius 2 is 1.79 bits per heavy atom. The van der Waals surface area contributed by atoms with Crippen molar-refractivity contribution >= 4 is 12.0 Å². The molecule has 0 bridgehead atoms. The first kappa shape index (κ1) is 23.4. The van der Waals surface area contributed by atoms with E-state index in [4.69, 9.17) is 4.74 Å². The summed E-state index contributed by atoms with van der Waals surface area (Å²) in [5.74, 6) is -0.674. The van der Waals surface area contributed by atoms with E-state index in [1.165, 1.54) is 17.0 Å². The molecular formula is C26H25FN3O4-. The van der Waals surface area contributed by atoms with Crippen molar-refractivity contribution in [3.63, 3.8) is 0 Å². The van der Waals surface area contributed by atoms with Gasteiger partial charge in [-0.3, -0.25) is 9.78 Å². The summed E-state index contributed by atoms with van der Waals surface area (Å²) < 4.78 is 19.6. The van der Waals surface area contributed by atoms with Gasteiger partial charge in [-0.1, -0.05) is 42.5 Å². The quantitative estimate of drug-likeness (QED) is 0.583. The number of halogens is 1. The van der Waals surface area contributed by atoms with Crippen molar-refractivity contribution in [2.24, 2.45) is 0 Å². The number of nitrogens with zero attached hydrogens (tertiary/aromatic N) is 2. The molecule has 1 N–H and O–H groups in total. The zero-order valence-corrected chi connectivity index (χ0v) is 18.5. The van der Waals surface area contributed by atoms with E-state index >= 15 is 0 Å². The molecule has 1 fully saturated rings. The first-order valence-corrected chi connectivity index (χ1v) is 11.1. The highest BCUT2D eigenvalue weighted by atomic mass is 19.1. The number of aromatic nitrogens is 1. The van der Waals surface area contributed by atoms with Crippen molar-refractivity contribution in [1.82, 2.24) is 15.2 Å². The normalized spacial score (nSPS) is 17.9. The largest absolute Gasteiger partial charge is 0.530 e. The number of ether oxygens (including phenoxy) is 1. The van der Waals surface area contributed by atoms with Gasteiger partial charge in [0.2, 0.25) is 0 Å². The summed E-state index contributed by atoms with van der Waals surface area (Å²) in [6, 6.07) is 19.0. The molecular weight excluding hydrogens is 437 g/mol. The zero-order valence-electron chi connectivity index (χ0n) is 18.5. The average molecular weight is 463 g/mol. The number of carbonyl (C=O) groups excluding carboxylic acids is 2. The van der Waals surface area contributed by atoms with E-state index in [1.54, 1.807) is 36.5 Å². The molecule has 4 rings (SSSR count). The summed E-state index contributed by atoms with van der Waals surface area (Å²) in [6.45, 7) is 1.04. The van der Waals surface area contributed by atoms with Crippen molar-refractivity contribution in [2.75, 3.05) is 13.1 Å². The zero-order chi connectivity index (χ0) is 23.9. The van der Waals surface area contributed by atoms with Gasteiger partial charge >= 0.3 is 0 Å². The first-order valence-electron chi connectivity index (χ1n) is 11.1. The molecule has 34 heavy (non-hydrogen) atoms. The highest BCUT2D eigenvalue weighted by molar-refractivity contribution is 5.92. The lowest BCUT2D eigenvalue weighted by atomic mass is 9.87. The molecule has 2 aromatic carbocycles. The number of piperidine rings is 1. The Balaban J connectivity index is 1.45. The van der Waals surface area contributed by atoms with Gasteiger partial charge in [0.25, 0.3) is 5.91 Å². The standard InChI is InChI=1S/C26H26FN3O4/c27-21-10-8-18(9-11-21)22-12-14-30(26(32)33)16-24(22)34-17-20-6-2-1-5-19(20)15-29-25(31)23-7-3-4-13-28-23/h1-11,13,22,24H,12,14-17H2,(H,29,31)(H,32,33)/p-1. The first-order chi connectivity index (χ1) is 16.5. The molecule has 176 valence electrons. The molecule has 0 spiro atoms. The summed E-state index contributed by atoms with van der Waals surface area (Å²) in [4.78, 5) is 29.1. The van der Waals surface area contributed by atoms with Crippen molar-refractivity contribution in [3.8, 4) is 0 Å². The van der Waals surface area contributed by atoms with Crippen LogP contribution < -0.4 is 10.4 Å². The molecule has 8 heteroatoms. The number of likely N-dealkylation sites (tertiary alicyclic amines) is 1. The highest BCUT2D eigenvalue weighted by Crippen LogP contribution is 2.31. The number of pyridine rings is 1. The van der Waals surface area contributed by atoms with Crippen LogP contribution in [0.15, 0.2) is 72.9 Å². The Labute approximate surface area is 197 Å². The van der Waals surface area contributed by atoms with Crippen molar-refractivity contribution in [2.45, 2.75) is 31.6 Å². The van der Waals surface area contributed by atoms with Crippen LogP contribution in [0.2, 0.25) is 0 Å².